The second kappa shape index (κ2) is 4.60. The van der Waals surface area contributed by atoms with E-state index in [-0.39, 0.29) is 11.4 Å². The van der Waals surface area contributed by atoms with Gasteiger partial charge in [-0.25, -0.2) is 0 Å². The molecule has 1 saturated heterocycles. The lowest BCUT2D eigenvalue weighted by molar-refractivity contribution is 0.0879. The summed E-state index contributed by atoms with van der Waals surface area (Å²) in [5, 5.41) is 6.94. The zero-order valence-electron chi connectivity index (χ0n) is 13.0. The maximum Gasteiger partial charge on any atom is 0.255 e. The van der Waals surface area contributed by atoms with Crippen molar-refractivity contribution in [1.82, 2.24) is 10.6 Å². The van der Waals surface area contributed by atoms with Crippen LogP contribution in [0.25, 0.3) is 0 Å². The Balaban J connectivity index is 1.38. The summed E-state index contributed by atoms with van der Waals surface area (Å²) in [7, 11) is 0. The molecule has 118 valence electrons. The zero-order chi connectivity index (χ0) is 14.7. The minimum absolute atomic E-state index is 0.0949. The molecule has 0 radical (unpaired) electrons. The molecule has 22 heavy (non-hydrogen) atoms. The highest BCUT2D eigenvalue weighted by atomic mass is 16.3. The smallest absolute Gasteiger partial charge is 0.255 e. The van der Waals surface area contributed by atoms with Crippen molar-refractivity contribution >= 4 is 5.91 Å². The molecule has 2 heterocycles. The second-order valence-electron chi connectivity index (χ2n) is 7.73. The summed E-state index contributed by atoms with van der Waals surface area (Å²) in [4.78, 5) is 12.8. The summed E-state index contributed by atoms with van der Waals surface area (Å²) in [6, 6.07) is 2.33. The van der Waals surface area contributed by atoms with Crippen molar-refractivity contribution in [1.29, 1.82) is 0 Å². The SMILES string of the molecule is O=C(NC1CCNC12CCC2)c1cc(C2CC2)oc1C1CC1. The van der Waals surface area contributed by atoms with Gasteiger partial charge in [0.05, 0.1) is 5.56 Å². The zero-order valence-corrected chi connectivity index (χ0v) is 13.0. The van der Waals surface area contributed by atoms with Crippen LogP contribution in [0.2, 0.25) is 0 Å². The van der Waals surface area contributed by atoms with Crippen molar-refractivity contribution in [3.05, 3.63) is 23.2 Å². The molecule has 1 atom stereocenters. The third-order valence-corrected chi connectivity index (χ3v) is 6.08. The van der Waals surface area contributed by atoms with Gasteiger partial charge in [-0.3, -0.25) is 4.79 Å². The van der Waals surface area contributed by atoms with Crippen LogP contribution in [0.5, 0.6) is 0 Å². The van der Waals surface area contributed by atoms with E-state index in [0.29, 0.717) is 17.9 Å². The van der Waals surface area contributed by atoms with Gasteiger partial charge in [0.25, 0.3) is 5.91 Å². The molecule has 4 aliphatic rings. The maximum atomic E-state index is 12.8. The average Bonchev–Trinajstić information content (AvgIpc) is 3.40. The van der Waals surface area contributed by atoms with Gasteiger partial charge in [0.15, 0.2) is 0 Å². The van der Waals surface area contributed by atoms with Gasteiger partial charge in [-0.15, -0.1) is 0 Å². The molecule has 1 aliphatic heterocycles. The van der Waals surface area contributed by atoms with Crippen molar-refractivity contribution < 1.29 is 9.21 Å². The van der Waals surface area contributed by atoms with Crippen LogP contribution < -0.4 is 10.6 Å². The molecule has 3 aliphatic carbocycles. The minimum atomic E-state index is 0.0949. The quantitative estimate of drug-likeness (QED) is 0.898. The molecular weight excluding hydrogens is 276 g/mol. The molecule has 0 bridgehead atoms. The number of nitrogens with one attached hydrogen (secondary N) is 2. The lowest BCUT2D eigenvalue weighted by Crippen LogP contribution is -2.59. The van der Waals surface area contributed by atoms with Crippen molar-refractivity contribution in [2.24, 2.45) is 0 Å². The maximum absolute atomic E-state index is 12.8. The Hall–Kier alpha value is -1.29. The van der Waals surface area contributed by atoms with Gasteiger partial charge in [-0.05, 0) is 64.0 Å². The summed E-state index contributed by atoms with van der Waals surface area (Å²) in [5.74, 6) is 3.18. The molecule has 1 amide bonds. The van der Waals surface area contributed by atoms with E-state index in [1.54, 1.807) is 0 Å². The fourth-order valence-corrected chi connectivity index (χ4v) is 4.21. The third kappa shape index (κ3) is 2.03. The van der Waals surface area contributed by atoms with Crippen LogP contribution in [-0.4, -0.2) is 24.0 Å². The molecule has 4 nitrogen and oxygen atoms in total. The number of carbonyl (C=O) groups is 1. The van der Waals surface area contributed by atoms with Gasteiger partial charge in [0, 0.05) is 23.4 Å². The Labute approximate surface area is 131 Å². The van der Waals surface area contributed by atoms with Gasteiger partial charge < -0.3 is 15.1 Å². The Morgan fingerprint density at radius 3 is 2.59 bits per heavy atom. The lowest BCUT2D eigenvalue weighted by Gasteiger charge is -2.43. The number of amides is 1. The minimum Gasteiger partial charge on any atom is -0.465 e. The molecule has 3 saturated carbocycles. The molecule has 0 aromatic carbocycles. The van der Waals surface area contributed by atoms with Crippen molar-refractivity contribution in [3.8, 4) is 0 Å². The lowest BCUT2D eigenvalue weighted by atomic mass is 9.73. The number of carbonyl (C=O) groups excluding carboxylic acids is 1. The van der Waals surface area contributed by atoms with Crippen molar-refractivity contribution in [3.63, 3.8) is 0 Å². The van der Waals surface area contributed by atoms with E-state index in [2.05, 4.69) is 10.6 Å². The van der Waals surface area contributed by atoms with Crippen molar-refractivity contribution in [2.45, 2.75) is 74.8 Å². The Morgan fingerprint density at radius 2 is 1.95 bits per heavy atom. The summed E-state index contributed by atoms with van der Waals surface area (Å²) in [6.45, 7) is 1.03. The fourth-order valence-electron chi connectivity index (χ4n) is 4.21. The predicted molar refractivity (Wildman–Crippen MR) is 83.1 cm³/mol. The highest BCUT2D eigenvalue weighted by Gasteiger charge is 2.48. The summed E-state index contributed by atoms with van der Waals surface area (Å²) >= 11 is 0. The van der Waals surface area contributed by atoms with E-state index in [1.165, 1.54) is 44.9 Å². The van der Waals surface area contributed by atoms with Crippen LogP contribution in [0.4, 0.5) is 0 Å². The first kappa shape index (κ1) is 13.2. The molecule has 1 aromatic heterocycles. The Morgan fingerprint density at radius 1 is 1.18 bits per heavy atom. The van der Waals surface area contributed by atoms with E-state index in [1.807, 2.05) is 6.07 Å². The topological polar surface area (TPSA) is 54.3 Å². The molecule has 1 spiro atoms. The van der Waals surface area contributed by atoms with Crippen LogP contribution in [0.3, 0.4) is 0 Å². The van der Waals surface area contributed by atoms with Gasteiger partial charge >= 0.3 is 0 Å². The summed E-state index contributed by atoms with van der Waals surface area (Å²) < 4.78 is 6.06. The average molecular weight is 300 g/mol. The van der Waals surface area contributed by atoms with E-state index < -0.39 is 0 Å². The van der Waals surface area contributed by atoms with Crippen LogP contribution in [0, 0.1) is 0 Å². The molecule has 1 aromatic rings. The molecule has 2 N–H and O–H groups in total. The van der Waals surface area contributed by atoms with Gasteiger partial charge in [-0.1, -0.05) is 0 Å². The van der Waals surface area contributed by atoms with Gasteiger partial charge in [0.2, 0.25) is 0 Å². The molecule has 1 unspecified atom stereocenters. The first-order valence-electron chi connectivity index (χ1n) is 8.95. The number of hydrogen-bond acceptors (Lipinski definition) is 3. The van der Waals surface area contributed by atoms with Crippen LogP contribution in [-0.2, 0) is 0 Å². The highest BCUT2D eigenvalue weighted by molar-refractivity contribution is 5.96. The largest absolute Gasteiger partial charge is 0.465 e. The van der Waals surface area contributed by atoms with Crippen LogP contribution in [0.15, 0.2) is 10.5 Å². The Bertz CT molecular complexity index is 609. The predicted octanol–water partition coefficient (Wildman–Crippen LogP) is 3.05. The first-order chi connectivity index (χ1) is 10.8. The van der Waals surface area contributed by atoms with Gasteiger partial charge in [-0.2, -0.15) is 0 Å². The fraction of sp³-hybridized carbons (Fsp3) is 0.722. The van der Waals surface area contributed by atoms with Crippen LogP contribution >= 0.6 is 0 Å². The molecule has 4 heteroatoms. The van der Waals surface area contributed by atoms with E-state index in [4.69, 9.17) is 4.42 Å². The normalized spacial score (nSPS) is 29.5. The monoisotopic (exact) mass is 300 g/mol. The second-order valence-corrected chi connectivity index (χ2v) is 7.73. The van der Waals surface area contributed by atoms with E-state index in [0.717, 1.165) is 30.0 Å². The molecular formula is C18H24N2O2. The molecule has 4 fully saturated rings. The number of furan rings is 1. The highest BCUT2D eigenvalue weighted by Crippen LogP contribution is 2.47. The van der Waals surface area contributed by atoms with E-state index >= 15 is 0 Å². The number of rotatable bonds is 4. The van der Waals surface area contributed by atoms with E-state index in [9.17, 15) is 4.79 Å². The first-order valence-corrected chi connectivity index (χ1v) is 8.95. The third-order valence-electron chi connectivity index (χ3n) is 6.08. The Kier molecular flexibility index (Phi) is 2.76. The molecule has 5 rings (SSSR count). The standard InChI is InChI=1S/C18H24N2O2/c21-17(20-15-6-9-19-18(15)7-1-8-18)13-10-14(11-2-3-11)22-16(13)12-4-5-12/h10-12,15,19H,1-9H2,(H,20,21). The van der Waals surface area contributed by atoms with Gasteiger partial charge in [0.1, 0.15) is 11.5 Å². The number of hydrogen-bond donors (Lipinski definition) is 2. The van der Waals surface area contributed by atoms with Crippen molar-refractivity contribution in [2.75, 3.05) is 6.54 Å². The van der Waals surface area contributed by atoms with Crippen LogP contribution in [0.1, 0.15) is 85.1 Å². The summed E-state index contributed by atoms with van der Waals surface area (Å²) in [5.41, 5.74) is 1.02. The summed E-state index contributed by atoms with van der Waals surface area (Å²) in [6.07, 6.45) is 9.52.